The quantitative estimate of drug-likeness (QED) is 0.697. The van der Waals surface area contributed by atoms with Crippen molar-refractivity contribution in [2.24, 2.45) is 5.41 Å². The second-order valence-corrected chi connectivity index (χ2v) is 7.80. The van der Waals surface area contributed by atoms with Gasteiger partial charge in [0, 0.05) is 18.2 Å². The number of hydrogen-bond donors (Lipinski definition) is 0. The van der Waals surface area contributed by atoms with Gasteiger partial charge in [-0.25, -0.2) is 0 Å². The summed E-state index contributed by atoms with van der Waals surface area (Å²) in [6.07, 6.45) is 4.64. The van der Waals surface area contributed by atoms with E-state index in [1.54, 1.807) is 0 Å². The van der Waals surface area contributed by atoms with E-state index in [2.05, 4.69) is 29.1 Å². The molecule has 2 aliphatic heterocycles. The Balaban J connectivity index is 1.61. The van der Waals surface area contributed by atoms with Crippen molar-refractivity contribution in [3.63, 3.8) is 0 Å². The second kappa shape index (κ2) is 7.47. The molecule has 3 heterocycles. The summed E-state index contributed by atoms with van der Waals surface area (Å²) in [5.74, 6) is 0.848. The lowest BCUT2D eigenvalue weighted by molar-refractivity contribution is -0.157. The minimum Gasteiger partial charge on any atom is -0.466 e. The maximum absolute atomic E-state index is 13.1. The van der Waals surface area contributed by atoms with Gasteiger partial charge in [0.1, 0.15) is 0 Å². The van der Waals surface area contributed by atoms with Crippen molar-refractivity contribution in [2.75, 3.05) is 6.61 Å². The highest BCUT2D eigenvalue weighted by molar-refractivity contribution is 5.79. The first-order valence-electron chi connectivity index (χ1n) is 10.1. The molecule has 4 rings (SSSR count). The van der Waals surface area contributed by atoms with Crippen LogP contribution >= 0.6 is 0 Å². The zero-order chi connectivity index (χ0) is 18.9. The molecule has 2 fully saturated rings. The lowest BCUT2D eigenvalue weighted by Gasteiger charge is -2.35. The van der Waals surface area contributed by atoms with Crippen LogP contribution in [0.3, 0.4) is 0 Å². The van der Waals surface area contributed by atoms with Crippen molar-refractivity contribution in [1.82, 2.24) is 10.1 Å². The van der Waals surface area contributed by atoms with Crippen LogP contribution in [0, 0.1) is 5.41 Å². The van der Waals surface area contributed by atoms with Gasteiger partial charge in [-0.15, -0.1) is 0 Å². The lowest BCUT2D eigenvalue weighted by atomic mass is 9.70. The molecule has 2 bridgehead atoms. The van der Waals surface area contributed by atoms with E-state index in [0.29, 0.717) is 12.6 Å². The molecule has 0 radical (unpaired) electrons. The molecule has 3 atom stereocenters. The summed E-state index contributed by atoms with van der Waals surface area (Å²) in [5, 5.41) is 4.12. The number of benzene rings is 1. The highest BCUT2D eigenvalue weighted by Crippen LogP contribution is 2.52. The van der Waals surface area contributed by atoms with Crippen molar-refractivity contribution >= 4 is 5.97 Å². The highest BCUT2D eigenvalue weighted by Gasteiger charge is 2.60. The number of aryl methyl sites for hydroxylation is 1. The molecule has 0 N–H and O–H groups in total. The Bertz CT molecular complexity index is 788. The molecule has 5 heteroatoms. The largest absolute Gasteiger partial charge is 0.466 e. The smallest absolute Gasteiger partial charge is 0.314 e. The van der Waals surface area contributed by atoms with Crippen LogP contribution in [0.2, 0.25) is 0 Å². The van der Waals surface area contributed by atoms with Gasteiger partial charge in [-0.2, -0.15) is 0 Å². The van der Waals surface area contributed by atoms with Gasteiger partial charge in [0.25, 0.3) is 0 Å². The van der Waals surface area contributed by atoms with E-state index in [4.69, 9.17) is 9.26 Å². The predicted molar refractivity (Wildman–Crippen MR) is 102 cm³/mol. The molecule has 27 heavy (non-hydrogen) atoms. The van der Waals surface area contributed by atoms with E-state index >= 15 is 0 Å². The Labute approximate surface area is 160 Å². The first-order chi connectivity index (χ1) is 13.2. The predicted octanol–water partition coefficient (Wildman–Crippen LogP) is 3.77. The van der Waals surface area contributed by atoms with Gasteiger partial charge in [0.15, 0.2) is 5.76 Å². The Morgan fingerprint density at radius 3 is 2.81 bits per heavy atom. The summed E-state index contributed by atoms with van der Waals surface area (Å²) in [6, 6.07) is 13.0. The molecule has 0 saturated carbocycles. The van der Waals surface area contributed by atoms with Crippen LogP contribution in [0.5, 0.6) is 0 Å². The summed E-state index contributed by atoms with van der Waals surface area (Å²) < 4.78 is 11.1. The van der Waals surface area contributed by atoms with Crippen LogP contribution in [0.15, 0.2) is 40.9 Å². The van der Waals surface area contributed by atoms with E-state index in [1.165, 1.54) is 5.56 Å². The molecular weight excluding hydrogens is 340 g/mol. The van der Waals surface area contributed by atoms with Crippen molar-refractivity contribution in [1.29, 1.82) is 0 Å². The normalized spacial score (nSPS) is 27.2. The lowest BCUT2D eigenvalue weighted by Crippen LogP contribution is -2.46. The number of rotatable bonds is 7. The molecule has 2 aromatic rings. The van der Waals surface area contributed by atoms with Crippen LogP contribution in [0.1, 0.15) is 50.1 Å². The van der Waals surface area contributed by atoms with Crippen LogP contribution in [0.4, 0.5) is 0 Å². The third-order valence-electron chi connectivity index (χ3n) is 6.23. The van der Waals surface area contributed by atoms with E-state index in [9.17, 15) is 4.79 Å². The number of carbonyl (C=O) groups is 1. The number of hydrogen-bond acceptors (Lipinski definition) is 5. The molecular formula is C22H28N2O3. The van der Waals surface area contributed by atoms with Gasteiger partial charge in [0.05, 0.1) is 24.3 Å². The second-order valence-electron chi connectivity index (χ2n) is 7.80. The molecule has 144 valence electrons. The molecule has 1 aromatic carbocycles. The summed E-state index contributed by atoms with van der Waals surface area (Å²) >= 11 is 0. The van der Waals surface area contributed by atoms with Gasteiger partial charge < -0.3 is 9.26 Å². The molecule has 0 aliphatic carbocycles. The topological polar surface area (TPSA) is 55.6 Å². The van der Waals surface area contributed by atoms with E-state index in [-0.39, 0.29) is 12.0 Å². The molecule has 0 amide bonds. The van der Waals surface area contributed by atoms with Gasteiger partial charge in [-0.05, 0) is 44.6 Å². The summed E-state index contributed by atoms with van der Waals surface area (Å²) in [7, 11) is 0. The maximum Gasteiger partial charge on any atom is 0.314 e. The minimum atomic E-state index is -0.464. The molecule has 2 saturated heterocycles. The van der Waals surface area contributed by atoms with Gasteiger partial charge in [-0.1, -0.05) is 42.4 Å². The van der Waals surface area contributed by atoms with Gasteiger partial charge >= 0.3 is 5.97 Å². The molecule has 5 nitrogen and oxygen atoms in total. The van der Waals surface area contributed by atoms with E-state index in [1.807, 2.05) is 31.2 Å². The number of aromatic nitrogens is 1. The maximum atomic E-state index is 13.1. The van der Waals surface area contributed by atoms with Gasteiger partial charge in [-0.3, -0.25) is 9.69 Å². The summed E-state index contributed by atoms with van der Waals surface area (Å²) in [5.41, 5.74) is 1.72. The highest BCUT2D eigenvalue weighted by atomic mass is 16.5. The standard InChI is InChI=1S/C22H28N2O3/c1-3-17-12-19(27-23-17)15-24-18-10-11-20(24)22(14-18,21(25)26-4-2)13-16-8-6-5-7-9-16/h5-9,12,18,20H,3-4,10-11,13-15H2,1-2H3/t18-,20+,22+/m1/s1. The number of ether oxygens (including phenoxy) is 1. The number of nitrogens with zero attached hydrogens (tertiary/aromatic N) is 2. The molecule has 0 spiro atoms. The number of fused-ring (bicyclic) bond motifs is 2. The van der Waals surface area contributed by atoms with Crippen molar-refractivity contribution < 1.29 is 14.1 Å². The van der Waals surface area contributed by atoms with Crippen LogP contribution < -0.4 is 0 Å². The zero-order valence-electron chi connectivity index (χ0n) is 16.2. The first-order valence-corrected chi connectivity index (χ1v) is 10.1. The average molecular weight is 368 g/mol. The Kier molecular flexibility index (Phi) is 5.04. The molecule has 0 unspecified atom stereocenters. The number of esters is 1. The molecule has 1 aromatic heterocycles. The fraction of sp³-hybridized carbons (Fsp3) is 0.545. The minimum absolute atomic E-state index is 0.0436. The Hall–Kier alpha value is -2.14. The SMILES string of the molecule is CCOC(=O)[C@@]1(Cc2ccccc2)C[C@H]2CC[C@@H]1N2Cc1cc(CC)no1. The van der Waals surface area contributed by atoms with Crippen molar-refractivity contribution in [3.8, 4) is 0 Å². The summed E-state index contributed by atoms with van der Waals surface area (Å²) in [4.78, 5) is 15.6. The fourth-order valence-corrected chi connectivity index (χ4v) is 5.04. The fourth-order valence-electron chi connectivity index (χ4n) is 5.04. The monoisotopic (exact) mass is 368 g/mol. The van der Waals surface area contributed by atoms with Crippen LogP contribution in [-0.4, -0.2) is 34.7 Å². The average Bonchev–Trinajstić information content (AvgIpc) is 3.37. The summed E-state index contributed by atoms with van der Waals surface area (Å²) in [6.45, 7) is 5.11. The van der Waals surface area contributed by atoms with Crippen molar-refractivity contribution in [2.45, 2.75) is 64.6 Å². The third-order valence-corrected chi connectivity index (χ3v) is 6.23. The van der Waals surface area contributed by atoms with E-state index < -0.39 is 5.41 Å². The Morgan fingerprint density at radius 1 is 1.30 bits per heavy atom. The van der Waals surface area contributed by atoms with E-state index in [0.717, 1.165) is 50.1 Å². The number of carbonyl (C=O) groups excluding carboxylic acids is 1. The van der Waals surface area contributed by atoms with Crippen LogP contribution in [0.25, 0.3) is 0 Å². The van der Waals surface area contributed by atoms with Crippen LogP contribution in [-0.2, 0) is 28.9 Å². The first kappa shape index (κ1) is 18.2. The van der Waals surface area contributed by atoms with Crippen molar-refractivity contribution in [3.05, 3.63) is 53.4 Å². The molecule has 2 aliphatic rings. The van der Waals surface area contributed by atoms with Gasteiger partial charge in [0.2, 0.25) is 0 Å². The Morgan fingerprint density at radius 2 is 2.11 bits per heavy atom. The zero-order valence-corrected chi connectivity index (χ0v) is 16.2. The third kappa shape index (κ3) is 3.29.